The Morgan fingerprint density at radius 2 is 1.74 bits per heavy atom. The van der Waals surface area contributed by atoms with Gasteiger partial charge in [0.25, 0.3) is 0 Å². The molecule has 0 saturated heterocycles. The van der Waals surface area contributed by atoms with Gasteiger partial charge in [-0.15, -0.1) is 0 Å². The molecular formula is C15H22N2O2. The molecule has 0 bridgehead atoms. The Kier molecular flexibility index (Phi) is 6.06. The van der Waals surface area contributed by atoms with E-state index in [1.807, 2.05) is 24.3 Å². The Hall–Kier alpha value is -1.84. The largest absolute Gasteiger partial charge is 0.411 e. The van der Waals surface area contributed by atoms with E-state index in [4.69, 9.17) is 10.4 Å². The van der Waals surface area contributed by atoms with Crippen LogP contribution in [-0.2, 0) is 0 Å². The molecule has 0 aliphatic carbocycles. The van der Waals surface area contributed by atoms with Crippen LogP contribution in [0.25, 0.3) is 0 Å². The van der Waals surface area contributed by atoms with Crippen molar-refractivity contribution in [3.05, 3.63) is 35.4 Å². The maximum Gasteiger partial charge on any atom is 0.134 e. The van der Waals surface area contributed by atoms with E-state index in [0.717, 1.165) is 18.4 Å². The number of nitrogens with zero attached hydrogens (tertiary/aromatic N) is 2. The van der Waals surface area contributed by atoms with Gasteiger partial charge in [-0.2, -0.15) is 0 Å². The maximum absolute atomic E-state index is 9.15. The molecule has 0 saturated carbocycles. The van der Waals surface area contributed by atoms with Gasteiger partial charge < -0.3 is 10.4 Å². The highest BCUT2D eigenvalue weighted by Crippen LogP contribution is 2.16. The van der Waals surface area contributed by atoms with Crippen molar-refractivity contribution in [2.24, 2.45) is 10.3 Å². The molecule has 0 spiro atoms. The lowest BCUT2D eigenvalue weighted by Gasteiger charge is -2.09. The molecule has 0 amide bonds. The quantitative estimate of drug-likeness (QED) is 0.462. The summed E-state index contributed by atoms with van der Waals surface area (Å²) in [6.07, 6.45) is 2.48. The summed E-state index contributed by atoms with van der Waals surface area (Å²) >= 11 is 0. The first kappa shape index (κ1) is 15.2. The molecule has 0 atom stereocenters. The van der Waals surface area contributed by atoms with Crippen molar-refractivity contribution in [1.82, 2.24) is 0 Å². The molecule has 2 N–H and O–H groups in total. The molecule has 104 valence electrons. The third kappa shape index (κ3) is 4.09. The van der Waals surface area contributed by atoms with Gasteiger partial charge in [-0.1, -0.05) is 61.8 Å². The topological polar surface area (TPSA) is 65.2 Å². The summed E-state index contributed by atoms with van der Waals surface area (Å²) < 4.78 is 0. The van der Waals surface area contributed by atoms with Crippen molar-refractivity contribution in [2.45, 2.75) is 46.0 Å². The minimum absolute atomic E-state index is 0.339. The zero-order valence-corrected chi connectivity index (χ0v) is 11.8. The Labute approximate surface area is 114 Å². The highest BCUT2D eigenvalue weighted by atomic mass is 16.4. The average molecular weight is 262 g/mol. The summed E-state index contributed by atoms with van der Waals surface area (Å²) in [4.78, 5) is 0. The molecule has 4 nitrogen and oxygen atoms in total. The second-order valence-corrected chi connectivity index (χ2v) is 4.88. The van der Waals surface area contributed by atoms with Crippen molar-refractivity contribution in [1.29, 1.82) is 0 Å². The van der Waals surface area contributed by atoms with Crippen LogP contribution in [0.1, 0.15) is 57.1 Å². The van der Waals surface area contributed by atoms with E-state index < -0.39 is 0 Å². The number of benzene rings is 1. The molecule has 1 rings (SSSR count). The molecule has 19 heavy (non-hydrogen) atoms. The van der Waals surface area contributed by atoms with Gasteiger partial charge in [0, 0.05) is 5.56 Å². The summed E-state index contributed by atoms with van der Waals surface area (Å²) in [5.41, 5.74) is 2.74. The third-order valence-corrected chi connectivity index (χ3v) is 3.11. The Morgan fingerprint density at radius 3 is 2.16 bits per heavy atom. The van der Waals surface area contributed by atoms with Crippen LogP contribution in [0.5, 0.6) is 0 Å². The summed E-state index contributed by atoms with van der Waals surface area (Å²) in [6, 6.07) is 7.78. The van der Waals surface area contributed by atoms with Gasteiger partial charge in [-0.25, -0.2) is 0 Å². The van der Waals surface area contributed by atoms with Crippen LogP contribution in [-0.4, -0.2) is 21.8 Å². The molecule has 0 heterocycles. The minimum Gasteiger partial charge on any atom is -0.411 e. The monoisotopic (exact) mass is 262 g/mol. The van der Waals surface area contributed by atoms with E-state index in [1.165, 1.54) is 5.56 Å². The zero-order chi connectivity index (χ0) is 14.3. The number of hydrogen-bond donors (Lipinski definition) is 2. The number of rotatable bonds is 6. The van der Waals surface area contributed by atoms with Gasteiger partial charge in [0.05, 0.1) is 0 Å². The van der Waals surface area contributed by atoms with Gasteiger partial charge in [-0.05, 0) is 24.3 Å². The first-order valence-electron chi connectivity index (χ1n) is 6.67. The smallest absolute Gasteiger partial charge is 0.134 e. The van der Waals surface area contributed by atoms with Crippen molar-refractivity contribution in [3.8, 4) is 0 Å². The van der Waals surface area contributed by atoms with Crippen LogP contribution in [0.15, 0.2) is 34.6 Å². The minimum atomic E-state index is 0.339. The van der Waals surface area contributed by atoms with Crippen LogP contribution in [0.3, 0.4) is 0 Å². The lowest BCUT2D eigenvalue weighted by atomic mass is 9.97. The normalized spacial score (nSPS) is 13.1. The van der Waals surface area contributed by atoms with E-state index in [-0.39, 0.29) is 0 Å². The Balaban J connectivity index is 2.97. The molecule has 0 fully saturated rings. The standard InChI is InChI=1S/C15H22N2O2/c1-4-5-6-14(16-18)15(17-19)13-9-7-12(8-10-13)11(2)3/h7-11,18-19H,4-6H2,1-3H3/b16-14+,17-15-. The number of hydrogen-bond acceptors (Lipinski definition) is 4. The molecule has 1 aromatic rings. The molecule has 0 radical (unpaired) electrons. The molecule has 0 unspecified atom stereocenters. The van der Waals surface area contributed by atoms with E-state index in [1.54, 1.807) is 0 Å². The highest BCUT2D eigenvalue weighted by Gasteiger charge is 2.13. The molecule has 0 aromatic heterocycles. The van der Waals surface area contributed by atoms with Crippen molar-refractivity contribution in [2.75, 3.05) is 0 Å². The maximum atomic E-state index is 9.15. The highest BCUT2D eigenvalue weighted by molar-refractivity contribution is 6.48. The number of oxime groups is 2. The predicted octanol–water partition coefficient (Wildman–Crippen LogP) is 4.01. The summed E-state index contributed by atoms with van der Waals surface area (Å²) in [6.45, 7) is 6.30. The summed E-state index contributed by atoms with van der Waals surface area (Å²) in [7, 11) is 0. The SMILES string of the molecule is CCCCC(=N\O)/C(=N\O)c1ccc(C(C)C)cc1. The number of unbranched alkanes of at least 4 members (excludes halogenated alkanes) is 1. The molecule has 1 aromatic carbocycles. The van der Waals surface area contributed by atoms with Crippen LogP contribution in [0.4, 0.5) is 0 Å². The van der Waals surface area contributed by atoms with Crippen molar-refractivity contribution < 1.29 is 10.4 Å². The van der Waals surface area contributed by atoms with Crippen molar-refractivity contribution in [3.63, 3.8) is 0 Å². The van der Waals surface area contributed by atoms with Gasteiger partial charge in [0.2, 0.25) is 0 Å². The van der Waals surface area contributed by atoms with E-state index >= 15 is 0 Å². The predicted molar refractivity (Wildman–Crippen MR) is 77.6 cm³/mol. The first-order valence-corrected chi connectivity index (χ1v) is 6.67. The fraction of sp³-hybridized carbons (Fsp3) is 0.467. The molecule has 4 heteroatoms. The van der Waals surface area contributed by atoms with Gasteiger partial charge in [-0.3, -0.25) is 0 Å². The zero-order valence-electron chi connectivity index (χ0n) is 11.8. The Morgan fingerprint density at radius 1 is 1.11 bits per heavy atom. The third-order valence-electron chi connectivity index (χ3n) is 3.11. The van der Waals surface area contributed by atoms with Gasteiger partial charge >= 0.3 is 0 Å². The van der Waals surface area contributed by atoms with Crippen LogP contribution in [0, 0.1) is 0 Å². The first-order chi connectivity index (χ1) is 9.13. The van der Waals surface area contributed by atoms with Crippen LogP contribution < -0.4 is 0 Å². The fourth-order valence-corrected chi connectivity index (χ4v) is 1.87. The van der Waals surface area contributed by atoms with Gasteiger partial charge in [0.15, 0.2) is 0 Å². The summed E-state index contributed by atoms with van der Waals surface area (Å²) in [5.74, 6) is 0.453. The molecule has 0 aliphatic heterocycles. The van der Waals surface area contributed by atoms with Crippen LogP contribution >= 0.6 is 0 Å². The molecule has 0 aliphatic rings. The Bertz CT molecular complexity index is 448. The lowest BCUT2D eigenvalue weighted by molar-refractivity contribution is 0.313. The van der Waals surface area contributed by atoms with E-state index in [2.05, 4.69) is 31.1 Å². The fourth-order valence-electron chi connectivity index (χ4n) is 1.87. The van der Waals surface area contributed by atoms with Crippen LogP contribution in [0.2, 0.25) is 0 Å². The van der Waals surface area contributed by atoms with Crippen molar-refractivity contribution >= 4 is 11.4 Å². The van der Waals surface area contributed by atoms with Gasteiger partial charge in [0.1, 0.15) is 11.4 Å². The second kappa shape index (κ2) is 7.56. The molecular weight excluding hydrogens is 240 g/mol. The lowest BCUT2D eigenvalue weighted by Crippen LogP contribution is -2.16. The van der Waals surface area contributed by atoms with E-state index in [0.29, 0.717) is 23.8 Å². The second-order valence-electron chi connectivity index (χ2n) is 4.88. The average Bonchev–Trinajstić information content (AvgIpc) is 2.43. The summed E-state index contributed by atoms with van der Waals surface area (Å²) in [5, 5.41) is 24.7. The van der Waals surface area contributed by atoms with E-state index in [9.17, 15) is 0 Å².